The first-order valence-corrected chi connectivity index (χ1v) is 7.00. The summed E-state index contributed by atoms with van der Waals surface area (Å²) in [5.74, 6) is -0.379. The van der Waals surface area contributed by atoms with Crippen LogP contribution in [0, 0.1) is 0 Å². The second-order valence-electron chi connectivity index (χ2n) is 3.67. The van der Waals surface area contributed by atoms with Crippen LogP contribution in [0.2, 0.25) is 0 Å². The molecule has 0 saturated carbocycles. The van der Waals surface area contributed by atoms with Crippen LogP contribution in [0.4, 0.5) is 0 Å². The lowest BCUT2D eigenvalue weighted by molar-refractivity contribution is -0.744. The topological polar surface area (TPSA) is 112 Å². The van der Waals surface area contributed by atoms with Crippen LogP contribution < -0.4 is 9.79 Å². The molecule has 0 aromatic carbocycles. The Hall–Kier alpha value is -2.29. The molecule has 0 N–H and O–H groups in total. The highest BCUT2D eigenvalue weighted by atomic mass is 32.2. The molecule has 0 atom stereocenters. The number of oxazole rings is 1. The van der Waals surface area contributed by atoms with Crippen molar-refractivity contribution in [3.05, 3.63) is 30.9 Å². The molecule has 2 rings (SSSR count). The van der Waals surface area contributed by atoms with Crippen molar-refractivity contribution in [2.75, 3.05) is 6.26 Å². The van der Waals surface area contributed by atoms with Crippen LogP contribution in [0.1, 0.15) is 0 Å². The average molecular weight is 282 g/mol. The van der Waals surface area contributed by atoms with E-state index in [-0.39, 0.29) is 6.54 Å². The van der Waals surface area contributed by atoms with Crippen LogP contribution >= 0.6 is 0 Å². The lowest BCUT2D eigenvalue weighted by atomic mass is 10.3. The summed E-state index contributed by atoms with van der Waals surface area (Å²) in [6.07, 6.45) is 6.76. The zero-order chi connectivity index (χ0) is 13.9. The Labute approximate surface area is 109 Å². The van der Waals surface area contributed by atoms with E-state index in [9.17, 15) is 13.5 Å². The first-order chi connectivity index (χ1) is 8.94. The summed E-state index contributed by atoms with van der Waals surface area (Å²) in [6, 6.07) is 1.65. The Balaban J connectivity index is 2.14. The Bertz CT molecular complexity index is 677. The van der Waals surface area contributed by atoms with E-state index in [1.165, 1.54) is 29.5 Å². The quantitative estimate of drug-likeness (QED) is 0.393. The maximum atomic E-state index is 11.3. The molecule has 0 aliphatic heterocycles. The summed E-state index contributed by atoms with van der Waals surface area (Å²) in [5.41, 5.74) is 0.647. The van der Waals surface area contributed by atoms with E-state index in [2.05, 4.69) is 14.5 Å². The molecule has 0 saturated heterocycles. The lowest BCUT2D eigenvalue weighted by Gasteiger charge is -2.03. The van der Waals surface area contributed by atoms with Crippen molar-refractivity contribution >= 4 is 15.9 Å². The average Bonchev–Trinajstić information content (AvgIpc) is 2.80. The van der Waals surface area contributed by atoms with E-state index in [1.807, 2.05) is 0 Å². The Kier molecular flexibility index (Phi) is 3.56. The predicted molar refractivity (Wildman–Crippen MR) is 62.2 cm³/mol. The Morgan fingerprint density at radius 2 is 2.37 bits per heavy atom. The largest absolute Gasteiger partial charge is 0.857 e. The molecule has 2 heterocycles. The second-order valence-corrected chi connectivity index (χ2v) is 5.32. The second kappa shape index (κ2) is 5.14. The molecule has 0 aliphatic rings. The van der Waals surface area contributed by atoms with Gasteiger partial charge in [0.15, 0.2) is 6.20 Å². The highest BCUT2D eigenvalue weighted by molar-refractivity contribution is 7.89. The standard InChI is InChI=1S/C10H10N4O4S/c1-19(16,17)13-9(15)7-14-4-2-8(6-12-14)10-11-3-5-18-10/h2-6H,7H2,1H3. The van der Waals surface area contributed by atoms with Crippen molar-refractivity contribution in [3.8, 4) is 11.5 Å². The normalized spacial score (nSPS) is 12.6. The van der Waals surface area contributed by atoms with Gasteiger partial charge in [0.2, 0.25) is 22.5 Å². The predicted octanol–water partition coefficient (Wildman–Crippen LogP) is -1.26. The van der Waals surface area contributed by atoms with Gasteiger partial charge in [-0.1, -0.05) is 4.68 Å². The molecule has 0 spiro atoms. The van der Waals surface area contributed by atoms with Crippen molar-refractivity contribution in [1.29, 1.82) is 0 Å². The zero-order valence-corrected chi connectivity index (χ0v) is 10.7. The van der Waals surface area contributed by atoms with Gasteiger partial charge in [-0.25, -0.2) is 13.4 Å². The van der Waals surface area contributed by atoms with E-state index in [1.54, 1.807) is 6.07 Å². The fourth-order valence-electron chi connectivity index (χ4n) is 1.32. The SMILES string of the molecule is CS(=O)(=O)/N=C(\[O-])C[n+]1ccc(-c2ncco2)cn1. The Morgan fingerprint density at radius 1 is 1.58 bits per heavy atom. The first kappa shape index (κ1) is 13.1. The molecular formula is C10H10N4O4S. The van der Waals surface area contributed by atoms with E-state index < -0.39 is 15.9 Å². The van der Waals surface area contributed by atoms with E-state index >= 15 is 0 Å². The Morgan fingerprint density at radius 3 is 2.89 bits per heavy atom. The third kappa shape index (κ3) is 3.85. The molecular weight excluding hydrogens is 272 g/mol. The van der Waals surface area contributed by atoms with Crippen LogP contribution in [0.25, 0.3) is 11.5 Å². The lowest BCUT2D eigenvalue weighted by Crippen LogP contribution is -2.45. The number of hydrogen-bond donors (Lipinski definition) is 0. The summed E-state index contributed by atoms with van der Waals surface area (Å²) in [6.45, 7) is -0.251. The summed E-state index contributed by atoms with van der Waals surface area (Å²) < 4.78 is 31.0. The van der Waals surface area contributed by atoms with Gasteiger partial charge in [-0.2, -0.15) is 4.40 Å². The molecule has 19 heavy (non-hydrogen) atoms. The highest BCUT2D eigenvalue weighted by Crippen LogP contribution is 2.12. The number of hydrogen-bond acceptors (Lipinski definition) is 6. The summed E-state index contributed by atoms with van der Waals surface area (Å²) in [4.78, 5) is 3.94. The van der Waals surface area contributed by atoms with Crippen LogP contribution in [-0.4, -0.2) is 30.7 Å². The van der Waals surface area contributed by atoms with Crippen molar-refractivity contribution in [2.45, 2.75) is 6.54 Å². The van der Waals surface area contributed by atoms with Gasteiger partial charge in [0.05, 0.1) is 18.0 Å². The van der Waals surface area contributed by atoms with Gasteiger partial charge >= 0.3 is 0 Å². The number of rotatable bonds is 4. The van der Waals surface area contributed by atoms with Crippen LogP contribution in [0.5, 0.6) is 0 Å². The number of nitrogens with zero attached hydrogens (tertiary/aromatic N) is 4. The molecule has 9 heteroatoms. The minimum atomic E-state index is -3.68. The van der Waals surface area contributed by atoms with Crippen molar-refractivity contribution in [2.24, 2.45) is 4.40 Å². The molecule has 0 aliphatic carbocycles. The van der Waals surface area contributed by atoms with Gasteiger partial charge in [-0.3, -0.25) is 0 Å². The van der Waals surface area contributed by atoms with Crippen LogP contribution in [0.3, 0.4) is 0 Å². The molecule has 0 radical (unpaired) electrons. The minimum absolute atomic E-state index is 0.251. The molecule has 0 amide bonds. The maximum Gasteiger partial charge on any atom is 0.249 e. The molecule has 2 aromatic heterocycles. The highest BCUT2D eigenvalue weighted by Gasteiger charge is 2.08. The third-order valence-corrected chi connectivity index (χ3v) is 2.55. The van der Waals surface area contributed by atoms with Gasteiger partial charge < -0.3 is 9.52 Å². The summed E-state index contributed by atoms with van der Waals surface area (Å²) >= 11 is 0. The minimum Gasteiger partial charge on any atom is -0.857 e. The zero-order valence-electron chi connectivity index (χ0n) is 9.92. The van der Waals surface area contributed by atoms with Gasteiger partial charge in [0, 0.05) is 12.0 Å². The van der Waals surface area contributed by atoms with Crippen molar-refractivity contribution < 1.29 is 22.6 Å². The molecule has 100 valence electrons. The molecule has 0 fully saturated rings. The van der Waals surface area contributed by atoms with E-state index in [0.717, 1.165) is 6.26 Å². The van der Waals surface area contributed by atoms with Crippen LogP contribution in [0.15, 0.2) is 39.7 Å². The van der Waals surface area contributed by atoms with E-state index in [4.69, 9.17) is 4.42 Å². The molecule has 8 nitrogen and oxygen atoms in total. The van der Waals surface area contributed by atoms with Crippen LogP contribution in [-0.2, 0) is 16.6 Å². The third-order valence-electron chi connectivity index (χ3n) is 2.02. The van der Waals surface area contributed by atoms with Gasteiger partial charge in [0.1, 0.15) is 12.5 Å². The molecule has 0 unspecified atom stereocenters. The number of sulfonamides is 1. The van der Waals surface area contributed by atoms with Crippen molar-refractivity contribution in [1.82, 2.24) is 10.1 Å². The van der Waals surface area contributed by atoms with Gasteiger partial charge in [0.25, 0.3) is 0 Å². The number of aromatic nitrogens is 3. The van der Waals surface area contributed by atoms with Crippen molar-refractivity contribution in [3.63, 3.8) is 0 Å². The van der Waals surface area contributed by atoms with Gasteiger partial charge in [-0.15, -0.1) is 0 Å². The van der Waals surface area contributed by atoms with Gasteiger partial charge in [-0.05, 0) is 5.10 Å². The fourth-order valence-corrected chi connectivity index (χ4v) is 1.75. The van der Waals surface area contributed by atoms with E-state index in [0.29, 0.717) is 11.5 Å². The summed E-state index contributed by atoms with van der Waals surface area (Å²) in [7, 11) is -3.68. The first-order valence-electron chi connectivity index (χ1n) is 5.15. The molecule has 0 bridgehead atoms. The fraction of sp³-hybridized carbons (Fsp3) is 0.200. The smallest absolute Gasteiger partial charge is 0.249 e. The summed E-state index contributed by atoms with van der Waals surface area (Å²) in [5, 5.41) is 15.2. The molecule has 2 aromatic rings. The monoisotopic (exact) mass is 282 g/mol. The maximum absolute atomic E-state index is 11.3.